The van der Waals surface area contributed by atoms with Crippen molar-refractivity contribution in [2.45, 2.75) is 21.3 Å². The molecule has 0 aliphatic carbocycles. The zero-order chi connectivity index (χ0) is 6.12. The summed E-state index contributed by atoms with van der Waals surface area (Å²) in [4.78, 5) is 0. The van der Waals surface area contributed by atoms with Gasteiger partial charge in [0.1, 0.15) is 0 Å². The van der Waals surface area contributed by atoms with Gasteiger partial charge in [-0.3, -0.25) is 0 Å². The van der Waals surface area contributed by atoms with E-state index in [9.17, 15) is 0 Å². The van der Waals surface area contributed by atoms with E-state index >= 15 is 0 Å². The van der Waals surface area contributed by atoms with E-state index < -0.39 is 0 Å². The average molecular weight is 517 g/mol. The van der Waals surface area contributed by atoms with Crippen molar-refractivity contribution >= 4 is 0 Å². The fourth-order valence-corrected chi connectivity index (χ4v) is 0.0884. The van der Waals surface area contributed by atoms with Gasteiger partial charge in [0.05, 0.1) is 0 Å². The van der Waals surface area contributed by atoms with Gasteiger partial charge >= 0.3 is 11.3 Å². The van der Waals surface area contributed by atoms with Crippen LogP contribution in [0.25, 0.3) is 5.84 Å². The van der Waals surface area contributed by atoms with Crippen LogP contribution in [0, 0.1) is 13.6 Å². The second-order valence-corrected chi connectivity index (χ2v) is 0.780. The molecule has 0 heterocycles. The van der Waals surface area contributed by atoms with Crippen LogP contribution in [0.3, 0.4) is 0 Å². The molecule has 11 heavy (non-hydrogen) atoms. The molecule has 0 amide bonds. The quantitative estimate of drug-likeness (QED) is 0.341. The maximum atomic E-state index is 7.50. The van der Waals surface area contributed by atoms with Gasteiger partial charge in [-0.2, -0.15) is 6.42 Å². The molecule has 0 aliphatic heterocycles. The molecule has 0 fully saturated rings. The van der Waals surface area contributed by atoms with Crippen LogP contribution in [-0.4, -0.2) is 6.54 Å². The number of hydrogen-bond acceptors (Lipinski definition) is 1. The van der Waals surface area contributed by atoms with Gasteiger partial charge in [0.2, 0.25) is 0 Å². The van der Waals surface area contributed by atoms with Crippen molar-refractivity contribution in [2.75, 3.05) is 6.54 Å². The predicted molar refractivity (Wildman–Crippen MR) is 39.7 cm³/mol. The Bertz CT molecular complexity index is 42.8. The van der Waals surface area contributed by atoms with Crippen molar-refractivity contribution in [1.82, 2.24) is 5.43 Å². The van der Waals surface area contributed by atoms with Gasteiger partial charge in [-0.25, -0.2) is 0 Å². The summed E-state index contributed by atoms with van der Waals surface area (Å²) in [6.45, 7) is 8.69. The van der Waals surface area contributed by atoms with Gasteiger partial charge in [0.15, 0.2) is 0 Å². The van der Waals surface area contributed by atoms with Crippen molar-refractivity contribution in [2.24, 2.45) is 0 Å². The molecule has 0 unspecified atom stereocenters. The first kappa shape index (κ1) is 40.4. The van der Waals surface area contributed by atoms with Crippen LogP contribution in [0.2, 0.25) is 0 Å². The van der Waals surface area contributed by atoms with Crippen LogP contribution in [0.4, 0.5) is 0 Å². The normalized spacial score (nSPS) is 4.00. The largest absolute Gasteiger partial charge is 0.613 e. The van der Waals surface area contributed by atoms with Crippen LogP contribution in [0.15, 0.2) is 0 Å². The van der Waals surface area contributed by atoms with Gasteiger partial charge < -0.3 is 18.2 Å². The fourth-order valence-electron chi connectivity index (χ4n) is 0.0884. The Kier molecular flexibility index (Phi) is 255. The van der Waals surface area contributed by atoms with E-state index in [1.54, 1.807) is 0 Å². The molecule has 3 nitrogen and oxygen atoms in total. The molecule has 0 atom stereocenters. The Labute approximate surface area is 97.3 Å². The third-order valence-corrected chi connectivity index (χ3v) is 0.302. The Morgan fingerprint density at radius 2 is 1.55 bits per heavy atom. The zero-order valence-corrected chi connectivity index (χ0v) is 9.49. The average Bonchev–Trinajstić information content (AvgIpc) is 1.75. The van der Waals surface area contributed by atoms with Crippen molar-refractivity contribution in [3.05, 3.63) is 19.4 Å². The summed E-state index contributed by atoms with van der Waals surface area (Å²) in [5.74, 6) is 6.31. The summed E-state index contributed by atoms with van der Waals surface area (Å²) in [7, 11) is 0. The van der Waals surface area contributed by atoms with E-state index in [-0.39, 0.29) is 55.1 Å². The van der Waals surface area contributed by atoms with Crippen molar-refractivity contribution in [3.63, 3.8) is 0 Å². The molecule has 0 rings (SSSR count). The summed E-state index contributed by atoms with van der Waals surface area (Å²) in [5, 5.41) is 0. The second-order valence-electron chi connectivity index (χ2n) is 0.780. The molecule has 0 saturated heterocycles. The van der Waals surface area contributed by atoms with Gasteiger partial charge in [-0.15, -0.1) is 0 Å². The molecule has 0 aromatic carbocycles. The van der Waals surface area contributed by atoms with Gasteiger partial charge in [-0.1, -0.05) is 21.4 Å². The first-order chi connectivity index (χ1) is 3.41. The maximum Gasteiger partial charge on any atom is 0 e. The zero-order valence-electron chi connectivity index (χ0n) is 4.70. The molecule has 2 radical (unpaired) electrons. The number of hydrogen-bond donors (Lipinski definition) is 1. The molecular weight excluding hydrogens is 501 g/mol. The Morgan fingerprint density at radius 3 is 1.55 bits per heavy atom. The van der Waals surface area contributed by atoms with E-state index in [4.69, 9.17) is 10.5 Å². The predicted octanol–water partition coefficient (Wildman–Crippen LogP) is 2.00. The minimum Gasteiger partial charge on any atom is -0.613 e. The second kappa shape index (κ2) is 69.4. The molecule has 0 aliphatic rings. The number of nitrogens with one attached hydrogen (secondary N) is 2. The van der Waals surface area contributed by atoms with E-state index in [2.05, 4.69) is 19.0 Å². The third kappa shape index (κ3) is 100. The Hall–Kier alpha value is 0.959. The van der Waals surface area contributed by atoms with Crippen LogP contribution < -0.4 is 5.43 Å². The van der Waals surface area contributed by atoms with Crippen molar-refractivity contribution in [3.8, 4) is 0 Å². The summed E-state index contributed by atoms with van der Waals surface area (Å²) >= 11 is 0. The topological polar surface area (TPSA) is 55.7 Å². The molecular formula is C6H16Ir2N2O-2. The van der Waals surface area contributed by atoms with E-state index in [0.717, 1.165) is 6.42 Å². The Balaban J connectivity index is -0.00000000972. The van der Waals surface area contributed by atoms with Crippen LogP contribution in [0.1, 0.15) is 21.3 Å². The summed E-state index contributed by atoms with van der Waals surface area (Å²) < 4.78 is 7.50. The van der Waals surface area contributed by atoms with Crippen LogP contribution in [-0.2, 0) is 44.9 Å². The minimum atomic E-state index is 0. The van der Waals surface area contributed by atoms with Crippen LogP contribution in [0.5, 0.6) is 0 Å². The van der Waals surface area contributed by atoms with E-state index in [0.29, 0.717) is 6.54 Å². The maximum absolute atomic E-state index is 7.50. The smallest absolute Gasteiger partial charge is 0 e. The molecule has 76 valence electrons. The van der Waals surface area contributed by atoms with E-state index in [1.165, 1.54) is 0 Å². The van der Waals surface area contributed by atoms with E-state index in [1.807, 2.05) is 0 Å². The molecule has 5 heteroatoms. The number of rotatable bonds is 2. The standard InChI is InChI=1S/C3H8N2.CO.2CH4.2Ir/c1-2-3-5-4;1-2;;;;/h4-5H,1-3H2;;2*1H4;;/q-2;;;;;. The van der Waals surface area contributed by atoms with Gasteiger partial charge in [0, 0.05) is 40.2 Å². The molecule has 0 aromatic heterocycles. The van der Waals surface area contributed by atoms with Crippen molar-refractivity contribution < 1.29 is 44.9 Å². The molecule has 0 spiro atoms. The first-order valence-corrected chi connectivity index (χ1v) is 1.81. The van der Waals surface area contributed by atoms with Gasteiger partial charge in [-0.05, 0) is 0 Å². The summed E-state index contributed by atoms with van der Waals surface area (Å²) in [6, 6.07) is 0. The summed E-state index contributed by atoms with van der Waals surface area (Å²) in [6.07, 6.45) is 0.795. The first-order valence-electron chi connectivity index (χ1n) is 1.81. The third-order valence-electron chi connectivity index (χ3n) is 0.302. The molecule has 2 N–H and O–H groups in total. The SMILES string of the molecule is C.C.[C-]#[O+].[CH2-]CCN[NH-].[Ir].[Ir]. The Morgan fingerprint density at radius 1 is 1.27 bits per heavy atom. The van der Waals surface area contributed by atoms with Crippen LogP contribution >= 0.6 is 0 Å². The summed E-state index contributed by atoms with van der Waals surface area (Å²) in [5.41, 5.74) is 2.20. The fraction of sp³-hybridized carbons (Fsp3) is 0.667. The molecule has 0 bridgehead atoms. The minimum absolute atomic E-state index is 0. The monoisotopic (exact) mass is 518 g/mol. The molecule has 0 saturated carbocycles. The van der Waals surface area contributed by atoms with Gasteiger partial charge in [0.25, 0.3) is 0 Å². The molecule has 0 aromatic rings. The van der Waals surface area contributed by atoms with Crippen molar-refractivity contribution in [1.29, 1.82) is 0 Å².